The zero-order valence-electron chi connectivity index (χ0n) is 12.7. The molecule has 0 saturated carbocycles. The van der Waals surface area contributed by atoms with E-state index in [0.29, 0.717) is 6.04 Å². The summed E-state index contributed by atoms with van der Waals surface area (Å²) in [6, 6.07) is 4.95. The summed E-state index contributed by atoms with van der Waals surface area (Å²) in [5.41, 5.74) is 7.46. The third-order valence-corrected chi connectivity index (χ3v) is 4.36. The van der Waals surface area contributed by atoms with Crippen LogP contribution in [0.4, 0.5) is 0 Å². The van der Waals surface area contributed by atoms with Crippen molar-refractivity contribution in [3.05, 3.63) is 40.3 Å². The molecule has 0 aliphatic heterocycles. The van der Waals surface area contributed by atoms with E-state index in [-0.39, 0.29) is 12.1 Å². The summed E-state index contributed by atoms with van der Waals surface area (Å²) < 4.78 is 1.84. The summed E-state index contributed by atoms with van der Waals surface area (Å²) in [4.78, 5) is 3.82. The van der Waals surface area contributed by atoms with Crippen LogP contribution in [-0.2, 0) is 13.6 Å². The van der Waals surface area contributed by atoms with E-state index in [1.807, 2.05) is 17.9 Å². The highest BCUT2D eigenvalue weighted by molar-refractivity contribution is 7.09. The van der Waals surface area contributed by atoms with Gasteiger partial charge in [-0.3, -0.25) is 9.58 Å². The number of aromatic nitrogens is 2. The highest BCUT2D eigenvalue weighted by atomic mass is 32.1. The second-order valence-corrected chi connectivity index (χ2v) is 6.63. The molecule has 0 bridgehead atoms. The first kappa shape index (κ1) is 15.2. The standard InChI is InChI=1S/C15H24N4S/c1-11(2)19(10-14-6-5-7-20-14)15(12(3)16)13-8-17-18(4)9-13/h5-9,11-12,15H,10,16H2,1-4H3. The van der Waals surface area contributed by atoms with E-state index in [1.54, 1.807) is 11.3 Å². The Morgan fingerprint density at radius 1 is 1.40 bits per heavy atom. The van der Waals surface area contributed by atoms with Crippen LogP contribution in [0.25, 0.3) is 0 Å². The Kier molecular flexibility index (Phi) is 4.96. The van der Waals surface area contributed by atoms with Gasteiger partial charge in [0.2, 0.25) is 0 Å². The second-order valence-electron chi connectivity index (χ2n) is 5.60. The molecule has 0 aliphatic carbocycles. The molecule has 2 heterocycles. The van der Waals surface area contributed by atoms with Crippen LogP contribution in [0.1, 0.15) is 37.3 Å². The largest absolute Gasteiger partial charge is 0.326 e. The number of thiophene rings is 1. The molecule has 2 N–H and O–H groups in total. The molecule has 0 aliphatic rings. The number of hydrogen-bond donors (Lipinski definition) is 1. The lowest BCUT2D eigenvalue weighted by Gasteiger charge is -2.36. The van der Waals surface area contributed by atoms with Crippen LogP contribution < -0.4 is 5.73 Å². The molecule has 2 atom stereocenters. The summed E-state index contributed by atoms with van der Waals surface area (Å²) in [5.74, 6) is 0. The lowest BCUT2D eigenvalue weighted by molar-refractivity contribution is 0.128. The van der Waals surface area contributed by atoms with Gasteiger partial charge < -0.3 is 5.73 Å². The molecule has 2 rings (SSSR count). The minimum Gasteiger partial charge on any atom is -0.326 e. The Bertz CT molecular complexity index is 516. The van der Waals surface area contributed by atoms with E-state index in [9.17, 15) is 0 Å². The normalized spacial score (nSPS) is 14.9. The first-order valence-electron chi connectivity index (χ1n) is 7.01. The Balaban J connectivity index is 2.28. The van der Waals surface area contributed by atoms with Gasteiger partial charge in [0.05, 0.1) is 12.2 Å². The van der Waals surface area contributed by atoms with Crippen LogP contribution in [0.15, 0.2) is 29.9 Å². The molecule has 4 nitrogen and oxygen atoms in total. The predicted molar refractivity (Wildman–Crippen MR) is 84.6 cm³/mol. The first-order valence-corrected chi connectivity index (χ1v) is 7.89. The summed E-state index contributed by atoms with van der Waals surface area (Å²) in [5, 5.41) is 6.42. The van der Waals surface area contributed by atoms with Gasteiger partial charge in [-0.05, 0) is 32.2 Å². The highest BCUT2D eigenvalue weighted by Gasteiger charge is 2.27. The molecule has 2 aromatic rings. The van der Waals surface area contributed by atoms with Crippen molar-refractivity contribution in [3.8, 4) is 0 Å². The number of aryl methyl sites for hydroxylation is 1. The first-order chi connectivity index (χ1) is 9.49. The molecule has 0 spiro atoms. The summed E-state index contributed by atoms with van der Waals surface area (Å²) in [6.07, 6.45) is 4.00. The average Bonchev–Trinajstić information content (AvgIpc) is 2.99. The van der Waals surface area contributed by atoms with Gasteiger partial charge in [0.15, 0.2) is 0 Å². The van der Waals surface area contributed by atoms with Crippen molar-refractivity contribution < 1.29 is 0 Å². The molecular weight excluding hydrogens is 268 g/mol. The lowest BCUT2D eigenvalue weighted by Crippen LogP contribution is -2.42. The molecule has 5 heteroatoms. The third-order valence-electron chi connectivity index (χ3n) is 3.50. The Morgan fingerprint density at radius 2 is 2.15 bits per heavy atom. The number of nitrogens with two attached hydrogens (primary N) is 1. The van der Waals surface area contributed by atoms with Crippen LogP contribution in [-0.4, -0.2) is 26.8 Å². The van der Waals surface area contributed by atoms with Gasteiger partial charge in [0.25, 0.3) is 0 Å². The fourth-order valence-corrected chi connectivity index (χ4v) is 3.29. The van der Waals surface area contributed by atoms with Crippen LogP contribution >= 0.6 is 11.3 Å². The summed E-state index contributed by atoms with van der Waals surface area (Å²) in [7, 11) is 1.95. The number of rotatable bonds is 6. The van der Waals surface area contributed by atoms with Gasteiger partial charge >= 0.3 is 0 Å². The van der Waals surface area contributed by atoms with Crippen molar-refractivity contribution >= 4 is 11.3 Å². The summed E-state index contributed by atoms with van der Waals surface area (Å²) >= 11 is 1.79. The molecule has 20 heavy (non-hydrogen) atoms. The molecule has 0 fully saturated rings. The van der Waals surface area contributed by atoms with Crippen LogP contribution in [0.5, 0.6) is 0 Å². The molecule has 0 aromatic carbocycles. The van der Waals surface area contributed by atoms with E-state index in [1.165, 1.54) is 10.4 Å². The van der Waals surface area contributed by atoms with Gasteiger partial charge in [-0.25, -0.2) is 0 Å². The molecule has 0 saturated heterocycles. The zero-order valence-corrected chi connectivity index (χ0v) is 13.5. The molecule has 110 valence electrons. The maximum absolute atomic E-state index is 6.27. The minimum atomic E-state index is 0.0570. The van der Waals surface area contributed by atoms with E-state index < -0.39 is 0 Å². The maximum atomic E-state index is 6.27. The van der Waals surface area contributed by atoms with Crippen LogP contribution in [0, 0.1) is 0 Å². The zero-order chi connectivity index (χ0) is 14.7. The van der Waals surface area contributed by atoms with E-state index in [2.05, 4.69) is 54.5 Å². The topological polar surface area (TPSA) is 47.1 Å². The SMILES string of the molecule is CC(N)C(c1cnn(C)c1)N(Cc1cccs1)C(C)C. The lowest BCUT2D eigenvalue weighted by atomic mass is 10.0. The Morgan fingerprint density at radius 3 is 2.60 bits per heavy atom. The minimum absolute atomic E-state index is 0.0570. The molecule has 0 radical (unpaired) electrons. The van der Waals surface area contributed by atoms with Crippen molar-refractivity contribution in [1.82, 2.24) is 14.7 Å². The maximum Gasteiger partial charge on any atom is 0.0538 e. The van der Waals surface area contributed by atoms with Gasteiger partial charge in [0.1, 0.15) is 0 Å². The van der Waals surface area contributed by atoms with Crippen LogP contribution in [0.3, 0.4) is 0 Å². The van der Waals surface area contributed by atoms with Gasteiger partial charge in [-0.2, -0.15) is 5.10 Å². The summed E-state index contributed by atoms with van der Waals surface area (Å²) in [6.45, 7) is 7.44. The fourth-order valence-electron chi connectivity index (χ4n) is 2.57. The quantitative estimate of drug-likeness (QED) is 0.890. The van der Waals surface area contributed by atoms with Crippen molar-refractivity contribution in [1.29, 1.82) is 0 Å². The molecule has 2 unspecified atom stereocenters. The van der Waals surface area contributed by atoms with Gasteiger partial charge in [-0.15, -0.1) is 11.3 Å². The second kappa shape index (κ2) is 6.52. The average molecular weight is 292 g/mol. The van der Waals surface area contributed by atoms with Gasteiger partial charge in [-0.1, -0.05) is 6.07 Å². The molecule has 0 amide bonds. The van der Waals surface area contributed by atoms with E-state index in [0.717, 1.165) is 6.54 Å². The van der Waals surface area contributed by atoms with Crippen molar-refractivity contribution in [2.45, 2.75) is 45.4 Å². The third kappa shape index (κ3) is 3.48. The van der Waals surface area contributed by atoms with E-state index >= 15 is 0 Å². The number of hydrogen-bond acceptors (Lipinski definition) is 4. The molecule has 2 aromatic heterocycles. The molecular formula is C15H24N4S. The van der Waals surface area contributed by atoms with Crippen LogP contribution in [0.2, 0.25) is 0 Å². The Hall–Kier alpha value is -1.17. The number of nitrogens with zero attached hydrogens (tertiary/aromatic N) is 3. The fraction of sp³-hybridized carbons (Fsp3) is 0.533. The van der Waals surface area contributed by atoms with E-state index in [4.69, 9.17) is 5.73 Å². The smallest absolute Gasteiger partial charge is 0.0538 e. The van der Waals surface area contributed by atoms with Crippen molar-refractivity contribution in [3.63, 3.8) is 0 Å². The Labute approximate surface area is 125 Å². The highest BCUT2D eigenvalue weighted by Crippen LogP contribution is 2.28. The van der Waals surface area contributed by atoms with Gasteiger partial charge in [0, 0.05) is 42.3 Å². The predicted octanol–water partition coefficient (Wildman–Crippen LogP) is 2.78. The van der Waals surface area contributed by atoms with Crippen molar-refractivity contribution in [2.75, 3.05) is 0 Å². The monoisotopic (exact) mass is 292 g/mol. The van der Waals surface area contributed by atoms with Crippen molar-refractivity contribution in [2.24, 2.45) is 12.8 Å².